The molecule has 0 saturated carbocycles. The van der Waals surface area contributed by atoms with E-state index in [0.717, 1.165) is 5.56 Å². The van der Waals surface area contributed by atoms with E-state index in [1.165, 1.54) is 4.90 Å². The zero-order valence-electron chi connectivity index (χ0n) is 16.9. The third-order valence-electron chi connectivity index (χ3n) is 4.69. The minimum absolute atomic E-state index is 0.105. The maximum absolute atomic E-state index is 12.5. The van der Waals surface area contributed by atoms with Crippen molar-refractivity contribution in [3.05, 3.63) is 66.2 Å². The van der Waals surface area contributed by atoms with E-state index in [2.05, 4.69) is 17.2 Å². The maximum Gasteiger partial charge on any atom is 0.258 e. The fraction of sp³-hybridized carbons (Fsp3) is 0.261. The first-order valence-corrected chi connectivity index (χ1v) is 9.48. The zero-order chi connectivity index (χ0) is 21.2. The molecule has 2 aromatic rings. The van der Waals surface area contributed by atoms with Crippen LogP contribution in [-0.4, -0.2) is 29.2 Å². The normalized spacial score (nSPS) is 13.3. The predicted octanol–water partition coefficient (Wildman–Crippen LogP) is 4.13. The van der Waals surface area contributed by atoms with Gasteiger partial charge in [-0.25, -0.2) is 0 Å². The molecule has 0 atom stereocenters. The van der Waals surface area contributed by atoms with Crippen molar-refractivity contribution in [3.63, 3.8) is 0 Å². The molecule has 6 heteroatoms. The SMILES string of the molecule is C=C1c2ccccc2C(=O)N1CCC(=O)Nc1cccc(NC(=O)C(C)(C)C)c1. The van der Waals surface area contributed by atoms with Gasteiger partial charge in [-0.05, 0) is 24.3 Å². The Morgan fingerprint density at radius 3 is 2.21 bits per heavy atom. The lowest BCUT2D eigenvalue weighted by molar-refractivity contribution is -0.123. The van der Waals surface area contributed by atoms with E-state index < -0.39 is 5.41 Å². The Morgan fingerprint density at radius 2 is 1.59 bits per heavy atom. The van der Waals surface area contributed by atoms with E-state index in [4.69, 9.17) is 0 Å². The summed E-state index contributed by atoms with van der Waals surface area (Å²) in [4.78, 5) is 38.5. The van der Waals surface area contributed by atoms with E-state index >= 15 is 0 Å². The number of rotatable bonds is 5. The summed E-state index contributed by atoms with van der Waals surface area (Å²) in [5.74, 6) is -0.460. The van der Waals surface area contributed by atoms with E-state index in [-0.39, 0.29) is 30.7 Å². The van der Waals surface area contributed by atoms with Crippen molar-refractivity contribution < 1.29 is 14.4 Å². The Hall–Kier alpha value is -3.41. The molecule has 0 radical (unpaired) electrons. The molecular formula is C23H25N3O3. The number of benzene rings is 2. The molecule has 2 aromatic carbocycles. The van der Waals surface area contributed by atoms with Crippen LogP contribution in [0.15, 0.2) is 55.1 Å². The monoisotopic (exact) mass is 391 g/mol. The van der Waals surface area contributed by atoms with Gasteiger partial charge in [0.25, 0.3) is 5.91 Å². The van der Waals surface area contributed by atoms with Crippen molar-refractivity contribution in [2.24, 2.45) is 5.41 Å². The quantitative estimate of drug-likeness (QED) is 0.804. The summed E-state index contributed by atoms with van der Waals surface area (Å²) >= 11 is 0. The molecule has 3 rings (SSSR count). The lowest BCUT2D eigenvalue weighted by Gasteiger charge is -2.18. The van der Waals surface area contributed by atoms with Crippen molar-refractivity contribution in [3.8, 4) is 0 Å². The Bertz CT molecular complexity index is 954. The van der Waals surface area contributed by atoms with Gasteiger partial charge >= 0.3 is 0 Å². The van der Waals surface area contributed by atoms with Crippen LogP contribution in [0.1, 0.15) is 43.1 Å². The number of carbonyl (C=O) groups is 3. The molecule has 6 nitrogen and oxygen atoms in total. The van der Waals surface area contributed by atoms with Crippen LogP contribution >= 0.6 is 0 Å². The molecule has 0 bridgehead atoms. The molecule has 29 heavy (non-hydrogen) atoms. The number of anilines is 2. The second-order valence-electron chi connectivity index (χ2n) is 8.03. The van der Waals surface area contributed by atoms with Crippen LogP contribution in [-0.2, 0) is 9.59 Å². The van der Waals surface area contributed by atoms with E-state index in [1.807, 2.05) is 39.0 Å². The molecule has 0 saturated heterocycles. The first-order valence-electron chi connectivity index (χ1n) is 9.48. The summed E-state index contributed by atoms with van der Waals surface area (Å²) < 4.78 is 0. The average Bonchev–Trinajstić information content (AvgIpc) is 2.90. The fourth-order valence-electron chi connectivity index (χ4n) is 3.00. The van der Waals surface area contributed by atoms with Crippen molar-refractivity contribution in [1.29, 1.82) is 0 Å². The molecule has 1 heterocycles. The van der Waals surface area contributed by atoms with Crippen molar-refractivity contribution >= 4 is 34.8 Å². The molecule has 0 spiro atoms. The van der Waals surface area contributed by atoms with Gasteiger partial charge in [-0.15, -0.1) is 0 Å². The average molecular weight is 391 g/mol. The van der Waals surface area contributed by atoms with Gasteiger partial charge in [0.2, 0.25) is 11.8 Å². The third kappa shape index (κ3) is 4.54. The zero-order valence-corrected chi connectivity index (χ0v) is 16.9. The standard InChI is InChI=1S/C23H25N3O3/c1-15-18-10-5-6-11-19(18)21(28)26(15)13-12-20(27)24-16-8-7-9-17(14-16)25-22(29)23(2,3)4/h5-11,14H,1,12-13H2,2-4H3,(H,24,27)(H,25,29). The molecular weight excluding hydrogens is 366 g/mol. The van der Waals surface area contributed by atoms with E-state index in [1.54, 1.807) is 30.3 Å². The van der Waals surface area contributed by atoms with Gasteiger partial charge in [-0.2, -0.15) is 0 Å². The van der Waals surface area contributed by atoms with Gasteiger partial charge in [-0.1, -0.05) is 51.6 Å². The van der Waals surface area contributed by atoms with E-state index in [9.17, 15) is 14.4 Å². The topological polar surface area (TPSA) is 78.5 Å². The highest BCUT2D eigenvalue weighted by Gasteiger charge is 2.30. The number of hydrogen-bond acceptors (Lipinski definition) is 3. The van der Waals surface area contributed by atoms with Crippen LogP contribution in [0.5, 0.6) is 0 Å². The maximum atomic E-state index is 12.5. The Kier molecular flexibility index (Phi) is 5.55. The van der Waals surface area contributed by atoms with Crippen LogP contribution in [0, 0.1) is 5.41 Å². The molecule has 0 unspecified atom stereocenters. The number of amides is 3. The number of nitrogens with one attached hydrogen (secondary N) is 2. The largest absolute Gasteiger partial charge is 0.326 e. The van der Waals surface area contributed by atoms with Gasteiger partial charge in [0.05, 0.1) is 0 Å². The Labute approximate surface area is 170 Å². The fourth-order valence-corrected chi connectivity index (χ4v) is 3.00. The summed E-state index contributed by atoms with van der Waals surface area (Å²) in [5.41, 5.74) is 2.71. The van der Waals surface area contributed by atoms with Gasteiger partial charge in [-0.3, -0.25) is 14.4 Å². The van der Waals surface area contributed by atoms with Gasteiger partial charge < -0.3 is 15.5 Å². The minimum Gasteiger partial charge on any atom is -0.326 e. The summed E-state index contributed by atoms with van der Waals surface area (Å²) in [6, 6.07) is 14.3. The minimum atomic E-state index is -0.512. The van der Waals surface area contributed by atoms with E-state index in [0.29, 0.717) is 22.6 Å². The van der Waals surface area contributed by atoms with Crippen LogP contribution in [0.4, 0.5) is 11.4 Å². The number of fused-ring (bicyclic) bond motifs is 1. The predicted molar refractivity (Wildman–Crippen MR) is 114 cm³/mol. The third-order valence-corrected chi connectivity index (χ3v) is 4.69. The molecule has 150 valence electrons. The smallest absolute Gasteiger partial charge is 0.258 e. The highest BCUT2D eigenvalue weighted by atomic mass is 16.2. The van der Waals surface area contributed by atoms with Gasteiger partial charge in [0.15, 0.2) is 0 Å². The van der Waals surface area contributed by atoms with Crippen molar-refractivity contribution in [2.75, 3.05) is 17.2 Å². The van der Waals surface area contributed by atoms with Crippen molar-refractivity contribution in [1.82, 2.24) is 4.90 Å². The van der Waals surface area contributed by atoms with Gasteiger partial charge in [0, 0.05) is 46.6 Å². The molecule has 1 aliphatic rings. The number of hydrogen-bond donors (Lipinski definition) is 2. The highest BCUT2D eigenvalue weighted by Crippen LogP contribution is 2.31. The highest BCUT2D eigenvalue weighted by molar-refractivity contribution is 6.09. The Balaban J connectivity index is 1.58. The molecule has 2 N–H and O–H groups in total. The summed E-state index contributed by atoms with van der Waals surface area (Å²) in [7, 11) is 0. The number of nitrogens with zero attached hydrogens (tertiary/aromatic N) is 1. The van der Waals surface area contributed by atoms with Crippen LogP contribution in [0.3, 0.4) is 0 Å². The van der Waals surface area contributed by atoms with Gasteiger partial charge in [0.1, 0.15) is 0 Å². The lowest BCUT2D eigenvalue weighted by Crippen LogP contribution is -2.28. The lowest BCUT2D eigenvalue weighted by atomic mass is 9.95. The molecule has 0 fully saturated rings. The summed E-state index contributed by atoms with van der Waals surface area (Å²) in [5, 5.41) is 5.65. The second-order valence-corrected chi connectivity index (χ2v) is 8.03. The first kappa shape index (κ1) is 20.3. The first-order chi connectivity index (χ1) is 13.7. The van der Waals surface area contributed by atoms with Crippen LogP contribution in [0.2, 0.25) is 0 Å². The molecule has 3 amide bonds. The van der Waals surface area contributed by atoms with Crippen LogP contribution < -0.4 is 10.6 Å². The molecule has 0 aromatic heterocycles. The second kappa shape index (κ2) is 7.91. The molecule has 0 aliphatic carbocycles. The Morgan fingerprint density at radius 1 is 0.966 bits per heavy atom. The van der Waals surface area contributed by atoms with Crippen molar-refractivity contribution in [2.45, 2.75) is 27.2 Å². The van der Waals surface area contributed by atoms with Crippen LogP contribution in [0.25, 0.3) is 5.70 Å². The summed E-state index contributed by atoms with van der Waals surface area (Å²) in [6.45, 7) is 9.73. The summed E-state index contributed by atoms with van der Waals surface area (Å²) in [6.07, 6.45) is 0.136. The molecule has 1 aliphatic heterocycles. The number of carbonyl (C=O) groups excluding carboxylic acids is 3.